The van der Waals surface area contributed by atoms with Crippen LogP contribution in [-0.2, 0) is 0 Å². The summed E-state index contributed by atoms with van der Waals surface area (Å²) in [6.45, 7) is 3.90. The van der Waals surface area contributed by atoms with Crippen molar-refractivity contribution in [1.82, 2.24) is 4.98 Å². The van der Waals surface area contributed by atoms with Gasteiger partial charge in [-0.3, -0.25) is 0 Å². The van der Waals surface area contributed by atoms with Crippen LogP contribution >= 0.6 is 0 Å². The van der Waals surface area contributed by atoms with Crippen molar-refractivity contribution >= 4 is 5.69 Å². The molecule has 0 aliphatic carbocycles. The monoisotopic (exact) mass is 214 g/mol. The molecule has 0 unspecified atom stereocenters. The molecule has 0 atom stereocenters. The first-order valence-corrected chi connectivity index (χ1v) is 5.13. The average molecular weight is 214 g/mol. The summed E-state index contributed by atoms with van der Waals surface area (Å²) in [6, 6.07) is 9.46. The van der Waals surface area contributed by atoms with Gasteiger partial charge in [0.25, 0.3) is 0 Å². The molecular weight excluding hydrogens is 200 g/mol. The van der Waals surface area contributed by atoms with E-state index in [-0.39, 0.29) is 0 Å². The van der Waals surface area contributed by atoms with Gasteiger partial charge in [-0.15, -0.1) is 0 Å². The number of hydrogen-bond acceptors (Lipinski definition) is 3. The Morgan fingerprint density at radius 2 is 1.94 bits per heavy atom. The van der Waals surface area contributed by atoms with Crippen molar-refractivity contribution in [2.45, 2.75) is 13.8 Å². The van der Waals surface area contributed by atoms with Gasteiger partial charge in [-0.1, -0.05) is 12.1 Å². The number of nitrogens with zero attached hydrogens (tertiary/aromatic N) is 1. The van der Waals surface area contributed by atoms with Gasteiger partial charge in [0.15, 0.2) is 0 Å². The summed E-state index contributed by atoms with van der Waals surface area (Å²) in [7, 11) is 0. The Kier molecular flexibility index (Phi) is 2.77. The fraction of sp³-hybridized carbons (Fsp3) is 0.154. The number of nitrogen functional groups attached to an aromatic ring is 1. The smallest absolute Gasteiger partial charge is 0.222 e. The number of rotatable bonds is 2. The van der Waals surface area contributed by atoms with Gasteiger partial charge < -0.3 is 10.5 Å². The highest BCUT2D eigenvalue weighted by Gasteiger charge is 2.06. The second-order valence-electron chi connectivity index (χ2n) is 3.70. The fourth-order valence-electron chi connectivity index (χ4n) is 1.42. The molecule has 3 heteroatoms. The summed E-state index contributed by atoms with van der Waals surface area (Å²) in [4.78, 5) is 4.18. The lowest BCUT2D eigenvalue weighted by atomic mass is 10.2. The Hall–Kier alpha value is -2.03. The number of pyridine rings is 1. The normalized spacial score (nSPS) is 10.1. The SMILES string of the molecule is Cc1cccnc1Oc1cccc(N)c1C. The first kappa shape index (κ1) is 10.5. The van der Waals surface area contributed by atoms with Crippen LogP contribution in [0.15, 0.2) is 36.5 Å². The Bertz CT molecular complexity index is 509. The Labute approximate surface area is 94.9 Å². The minimum absolute atomic E-state index is 0.621. The van der Waals surface area contributed by atoms with E-state index < -0.39 is 0 Å². The Morgan fingerprint density at radius 3 is 2.69 bits per heavy atom. The number of hydrogen-bond donors (Lipinski definition) is 1. The highest BCUT2D eigenvalue weighted by atomic mass is 16.5. The number of anilines is 1. The highest BCUT2D eigenvalue weighted by Crippen LogP contribution is 2.28. The maximum absolute atomic E-state index is 5.81. The molecule has 0 saturated carbocycles. The van der Waals surface area contributed by atoms with Gasteiger partial charge in [0.1, 0.15) is 5.75 Å². The minimum Gasteiger partial charge on any atom is -0.438 e. The number of ether oxygens (including phenoxy) is 1. The first-order valence-electron chi connectivity index (χ1n) is 5.13. The second kappa shape index (κ2) is 4.23. The van der Waals surface area contributed by atoms with Crippen LogP contribution < -0.4 is 10.5 Å². The lowest BCUT2D eigenvalue weighted by molar-refractivity contribution is 0.456. The zero-order valence-electron chi connectivity index (χ0n) is 9.40. The van der Waals surface area contributed by atoms with E-state index in [1.165, 1.54) is 0 Å². The van der Waals surface area contributed by atoms with E-state index in [4.69, 9.17) is 10.5 Å². The number of aromatic nitrogens is 1. The van der Waals surface area contributed by atoms with Crippen LogP contribution in [0.1, 0.15) is 11.1 Å². The van der Waals surface area contributed by atoms with E-state index in [2.05, 4.69) is 4.98 Å². The van der Waals surface area contributed by atoms with Crippen molar-refractivity contribution < 1.29 is 4.74 Å². The molecule has 16 heavy (non-hydrogen) atoms. The van der Waals surface area contributed by atoms with Gasteiger partial charge in [0.05, 0.1) is 0 Å². The maximum atomic E-state index is 5.81. The highest BCUT2D eigenvalue weighted by molar-refractivity contribution is 5.54. The van der Waals surface area contributed by atoms with Crippen molar-refractivity contribution in [1.29, 1.82) is 0 Å². The first-order chi connectivity index (χ1) is 7.68. The van der Waals surface area contributed by atoms with Crippen LogP contribution in [0.25, 0.3) is 0 Å². The molecule has 0 saturated heterocycles. The van der Waals surface area contributed by atoms with E-state index in [1.807, 2.05) is 44.2 Å². The molecule has 0 aliphatic rings. The Morgan fingerprint density at radius 1 is 1.12 bits per heavy atom. The topological polar surface area (TPSA) is 48.1 Å². The van der Waals surface area contributed by atoms with Crippen molar-refractivity contribution in [3.63, 3.8) is 0 Å². The summed E-state index contributed by atoms with van der Waals surface area (Å²) in [6.07, 6.45) is 1.71. The third-order valence-corrected chi connectivity index (χ3v) is 2.49. The van der Waals surface area contributed by atoms with Crippen molar-refractivity contribution in [2.24, 2.45) is 0 Å². The molecule has 0 radical (unpaired) electrons. The largest absolute Gasteiger partial charge is 0.438 e. The third kappa shape index (κ3) is 1.98. The van der Waals surface area contributed by atoms with Crippen LogP contribution in [0.3, 0.4) is 0 Å². The lowest BCUT2D eigenvalue weighted by Crippen LogP contribution is -1.95. The molecule has 1 aromatic carbocycles. The quantitative estimate of drug-likeness (QED) is 0.781. The van der Waals surface area contributed by atoms with Crippen molar-refractivity contribution in [3.8, 4) is 11.6 Å². The van der Waals surface area contributed by atoms with Gasteiger partial charge >= 0.3 is 0 Å². The van der Waals surface area contributed by atoms with E-state index in [0.29, 0.717) is 5.88 Å². The van der Waals surface area contributed by atoms with Crippen molar-refractivity contribution in [2.75, 3.05) is 5.73 Å². The van der Waals surface area contributed by atoms with E-state index in [1.54, 1.807) is 6.20 Å². The summed E-state index contributed by atoms with van der Waals surface area (Å²) in [5, 5.41) is 0. The molecule has 3 nitrogen and oxygen atoms in total. The molecule has 2 rings (SSSR count). The van der Waals surface area contributed by atoms with Crippen LogP contribution in [0.5, 0.6) is 11.6 Å². The van der Waals surface area contributed by atoms with E-state index in [9.17, 15) is 0 Å². The predicted molar refractivity (Wildman–Crippen MR) is 64.6 cm³/mol. The van der Waals surface area contributed by atoms with Gasteiger partial charge in [0, 0.05) is 23.0 Å². The molecule has 82 valence electrons. The predicted octanol–water partition coefficient (Wildman–Crippen LogP) is 3.07. The maximum Gasteiger partial charge on any atom is 0.222 e. The average Bonchev–Trinajstić information content (AvgIpc) is 2.28. The standard InChI is InChI=1S/C13H14N2O/c1-9-5-4-8-15-13(9)16-12-7-3-6-11(14)10(12)2/h3-8H,14H2,1-2H3. The molecule has 0 bridgehead atoms. The Balaban J connectivity index is 2.35. The molecule has 1 heterocycles. The lowest BCUT2D eigenvalue weighted by Gasteiger charge is -2.10. The zero-order valence-corrected chi connectivity index (χ0v) is 9.40. The third-order valence-electron chi connectivity index (χ3n) is 2.49. The minimum atomic E-state index is 0.621. The molecule has 0 spiro atoms. The van der Waals surface area contributed by atoms with Gasteiger partial charge in [0.2, 0.25) is 5.88 Å². The molecule has 1 aromatic heterocycles. The van der Waals surface area contributed by atoms with Gasteiger partial charge in [-0.25, -0.2) is 4.98 Å². The van der Waals surface area contributed by atoms with Crippen LogP contribution in [0.4, 0.5) is 5.69 Å². The van der Waals surface area contributed by atoms with Crippen molar-refractivity contribution in [3.05, 3.63) is 47.7 Å². The van der Waals surface area contributed by atoms with Crippen LogP contribution in [0, 0.1) is 13.8 Å². The summed E-state index contributed by atoms with van der Waals surface area (Å²) >= 11 is 0. The molecule has 0 amide bonds. The molecule has 0 aliphatic heterocycles. The summed E-state index contributed by atoms with van der Waals surface area (Å²) < 4.78 is 5.73. The number of aryl methyl sites for hydroxylation is 1. The zero-order chi connectivity index (χ0) is 11.5. The molecule has 2 aromatic rings. The molecule has 0 fully saturated rings. The van der Waals surface area contributed by atoms with E-state index in [0.717, 1.165) is 22.6 Å². The molecular formula is C13H14N2O. The molecule has 2 N–H and O–H groups in total. The second-order valence-corrected chi connectivity index (χ2v) is 3.70. The summed E-state index contributed by atoms with van der Waals surface area (Å²) in [5.74, 6) is 1.37. The van der Waals surface area contributed by atoms with E-state index >= 15 is 0 Å². The van der Waals surface area contributed by atoms with Gasteiger partial charge in [-0.2, -0.15) is 0 Å². The fourth-order valence-corrected chi connectivity index (χ4v) is 1.42. The number of benzene rings is 1. The van der Waals surface area contributed by atoms with Gasteiger partial charge in [-0.05, 0) is 32.0 Å². The summed E-state index contributed by atoms with van der Waals surface area (Å²) in [5.41, 5.74) is 8.48. The van der Waals surface area contributed by atoms with Crippen LogP contribution in [0.2, 0.25) is 0 Å². The van der Waals surface area contributed by atoms with Crippen LogP contribution in [-0.4, -0.2) is 4.98 Å². The number of nitrogens with two attached hydrogens (primary N) is 1.